The van der Waals surface area contributed by atoms with Gasteiger partial charge in [0.1, 0.15) is 18.8 Å². The van der Waals surface area contributed by atoms with Crippen molar-refractivity contribution >= 4 is 41.5 Å². The maximum absolute atomic E-state index is 11.9. The zero-order valence-electron chi connectivity index (χ0n) is 73.5. The molecule has 10 rings (SSSR count). The van der Waals surface area contributed by atoms with Crippen LogP contribution in [-0.2, 0) is 47.7 Å². The molecular weight excluding hydrogens is 1310 g/mol. The topological polar surface area (TPSA) is 192 Å². The van der Waals surface area contributed by atoms with Crippen molar-refractivity contribution in [3.8, 4) is 0 Å². The lowest BCUT2D eigenvalue weighted by atomic mass is 9.95. The van der Waals surface area contributed by atoms with E-state index < -0.39 is 11.9 Å². The number of cyclic esters (lactones) is 1. The molecule has 2 aliphatic carbocycles. The van der Waals surface area contributed by atoms with Crippen molar-refractivity contribution in [2.24, 2.45) is 43.3 Å². The second kappa shape index (κ2) is 40.1. The zero-order chi connectivity index (χ0) is 81.2. The van der Waals surface area contributed by atoms with Crippen molar-refractivity contribution in [2.75, 3.05) is 179 Å². The highest BCUT2D eigenvalue weighted by atomic mass is 16.6. The lowest BCUT2D eigenvalue weighted by Gasteiger charge is -2.37. The molecule has 1 spiro atoms. The molecule has 8 heterocycles. The maximum Gasteiger partial charge on any atom is 0.410 e. The molecule has 0 bridgehead atoms. The molecular formula is C82H155N11O11. The van der Waals surface area contributed by atoms with Gasteiger partial charge in [-0.05, 0) is 109 Å². The number of likely N-dealkylation sites (N-methyl/N-ethyl adjacent to an activating group) is 2. The smallest absolute Gasteiger partial charge is 0.410 e. The Morgan fingerprint density at radius 3 is 1.13 bits per heavy atom. The predicted molar refractivity (Wildman–Crippen MR) is 421 cm³/mol. The minimum Gasteiger partial charge on any atom is -0.479 e. The minimum absolute atomic E-state index is 0.102. The summed E-state index contributed by atoms with van der Waals surface area (Å²) in [5.74, 6) is 1.96. The van der Waals surface area contributed by atoms with Crippen LogP contribution in [0.3, 0.4) is 0 Å². The summed E-state index contributed by atoms with van der Waals surface area (Å²) in [6.07, 6.45) is 10.2. The van der Waals surface area contributed by atoms with E-state index in [4.69, 9.17) is 21.7 Å². The number of nitrogens with zero attached hydrogens (tertiary/aromatic N) is 11. The van der Waals surface area contributed by atoms with Gasteiger partial charge in [-0.1, -0.05) is 166 Å². The molecule has 8 aliphatic heterocycles. The fraction of sp³-hybridized carbons (Fsp3) is 0.890. The summed E-state index contributed by atoms with van der Waals surface area (Å²) in [4.78, 5) is 103. The molecule has 0 radical (unpaired) electrons. The molecule has 10 fully saturated rings. The third-order valence-corrected chi connectivity index (χ3v) is 18.2. The number of carbonyl (C=O) groups is 7. The van der Waals surface area contributed by atoms with E-state index in [2.05, 4.69) is 167 Å². The highest BCUT2D eigenvalue weighted by Crippen LogP contribution is 2.47. The van der Waals surface area contributed by atoms with E-state index in [1.165, 1.54) is 24.2 Å². The zero-order valence-corrected chi connectivity index (χ0v) is 71.5. The Balaban J connectivity index is 0.000000315. The van der Waals surface area contributed by atoms with Crippen LogP contribution in [0, 0.1) is 43.3 Å². The van der Waals surface area contributed by atoms with E-state index in [1.54, 1.807) is 14.2 Å². The molecule has 0 aromatic carbocycles. The van der Waals surface area contributed by atoms with Crippen molar-refractivity contribution in [3.05, 3.63) is 12.5 Å². The Morgan fingerprint density at radius 2 is 0.788 bits per heavy atom. The Kier molecular flexibility index (Phi) is 34.6. The number of hydrogen-bond acceptors (Lipinski definition) is 15. The van der Waals surface area contributed by atoms with Gasteiger partial charge in [-0.25, -0.2) is 4.79 Å². The Labute approximate surface area is 636 Å². The van der Waals surface area contributed by atoms with Gasteiger partial charge in [0.05, 0.1) is 31.8 Å². The normalized spacial score (nSPS) is 22.9. The van der Waals surface area contributed by atoms with Crippen LogP contribution < -0.4 is 0 Å². The van der Waals surface area contributed by atoms with Crippen molar-refractivity contribution in [3.63, 3.8) is 0 Å². The third-order valence-electron chi connectivity index (χ3n) is 18.2. The molecule has 2 saturated carbocycles. The van der Waals surface area contributed by atoms with Crippen LogP contribution in [0.15, 0.2) is 12.5 Å². The average Bonchev–Trinajstić information content (AvgIpc) is 1.55. The van der Waals surface area contributed by atoms with Crippen LogP contribution in [-0.4, -0.2) is 298 Å². The van der Waals surface area contributed by atoms with Gasteiger partial charge in [0.15, 0.2) is 5.88 Å². The molecule has 0 N–H and O–H groups in total. The fourth-order valence-corrected chi connectivity index (χ4v) is 13.2. The Bertz CT molecular complexity index is 2720. The van der Waals surface area contributed by atoms with E-state index in [-0.39, 0.29) is 80.0 Å². The van der Waals surface area contributed by atoms with Crippen molar-refractivity contribution in [1.82, 2.24) is 53.9 Å². The summed E-state index contributed by atoms with van der Waals surface area (Å²) in [6, 6.07) is 0.728. The number of rotatable bonds is 11. The third kappa shape index (κ3) is 37.9. The molecule has 104 heavy (non-hydrogen) atoms. The molecule has 2 atom stereocenters. The van der Waals surface area contributed by atoms with E-state index in [1.807, 2.05) is 69.2 Å². The maximum atomic E-state index is 11.9. The highest BCUT2D eigenvalue weighted by molar-refractivity contribution is 5.84. The lowest BCUT2D eigenvalue weighted by Crippen LogP contribution is -2.52. The van der Waals surface area contributed by atoms with Gasteiger partial charge in [-0.3, -0.25) is 48.4 Å². The fourth-order valence-electron chi connectivity index (χ4n) is 13.2. The van der Waals surface area contributed by atoms with Crippen molar-refractivity contribution < 1.29 is 55.3 Å². The summed E-state index contributed by atoms with van der Waals surface area (Å²) in [5, 5.41) is 0. The molecule has 604 valence electrons. The van der Waals surface area contributed by atoms with Gasteiger partial charge in [0.2, 0.25) is 23.6 Å². The number of carbonyl (C=O) groups excluding carboxylic acids is 7. The largest absolute Gasteiger partial charge is 0.479 e. The van der Waals surface area contributed by atoms with Crippen LogP contribution in [0.4, 0.5) is 4.79 Å². The first-order valence-electron chi connectivity index (χ1n) is 40.2. The van der Waals surface area contributed by atoms with Crippen LogP contribution in [0.2, 0.25) is 0 Å². The van der Waals surface area contributed by atoms with Gasteiger partial charge < -0.3 is 53.2 Å². The second-order valence-electron chi connectivity index (χ2n) is 40.3. The van der Waals surface area contributed by atoms with E-state index in [0.29, 0.717) is 50.0 Å². The molecule has 8 saturated heterocycles. The van der Waals surface area contributed by atoms with Crippen molar-refractivity contribution in [2.45, 2.75) is 254 Å². The first kappa shape index (κ1) is 89.9. The predicted octanol–water partition coefficient (Wildman–Crippen LogP) is 11.8. The molecule has 22 nitrogen and oxygen atoms in total. The van der Waals surface area contributed by atoms with Gasteiger partial charge in [0, 0.05) is 160 Å². The molecule has 22 heteroatoms. The van der Waals surface area contributed by atoms with Crippen LogP contribution in [0.25, 0.3) is 0 Å². The number of methoxy groups -OCH3 is 2. The number of hydrogen-bond donors (Lipinski definition) is 0. The van der Waals surface area contributed by atoms with Gasteiger partial charge in [-0.2, -0.15) is 0 Å². The average molecular weight is 1470 g/mol. The van der Waals surface area contributed by atoms with Crippen LogP contribution in [0.5, 0.6) is 0 Å². The monoisotopic (exact) mass is 1470 g/mol. The van der Waals surface area contributed by atoms with Crippen LogP contribution in [0.1, 0.15) is 233 Å². The summed E-state index contributed by atoms with van der Waals surface area (Å²) in [7, 11) is 7.07. The Hall–Kier alpha value is -4.77. The standard InChI is InChI=1S/C12H22N2O.C11H21NO.2C10H20N2O.C10H17NO2.2C10H19NO2.C9H17NO/c1-12(2,3)9-14-7-6-13(8-11(14)15)10-4-5-10;1-10-12(9-11(2,3)4)7-5-6-8-13-10;2*1-10(2,3)8-12-6-5-11(4)7-9(12)13;1-9(2,3)6-11-8(12)13-7-10(11)4-5-10;2*1-10(2,3)7-11-6-5-8(13-4)9(11)12;1-9(2,3)7-10-6-4-5-8(10)11/h10H,4-9H2,1-3H3;1,5-9H2,2-4H3;2*5-8H2,1-4H3;4-7H2,1-3H3;2*8H,5-7H2,1-4H3;4-7H2,1-3H3/t;;;;;2*8-;/m.....10./s1/i;;8D2;;;;;. The first-order chi connectivity index (χ1) is 48.3. The minimum atomic E-state index is -1.58. The summed E-state index contributed by atoms with van der Waals surface area (Å²) >= 11 is 0. The summed E-state index contributed by atoms with van der Waals surface area (Å²) in [6.45, 7) is 71.4. The second-order valence-corrected chi connectivity index (χ2v) is 40.3. The number of piperazine rings is 3. The van der Waals surface area contributed by atoms with E-state index in [0.717, 1.165) is 168 Å². The SMILES string of the molecule is C=C1OCCCCN1CC(C)(C)C.CC(C)(C)CN1C(=O)OCC12CC2.CC(C)(C)CN1CCCC1=O.CC(C)(C)CN1CCN(C2CC2)CC1=O.CN1CCN(CC(C)(C)C)C(=O)C1.CO[C@@H]1CCN(CC(C)(C)C)C1=O.CO[C@H]1CCN(CC(C)(C)C)C1=O.[2H]C([2H])(N1CCN(C)CC1=O)C(C)(C)C. The lowest BCUT2D eigenvalue weighted by molar-refractivity contribution is -0.138. The molecule has 0 unspecified atom stereocenters. The van der Waals surface area contributed by atoms with Gasteiger partial charge in [0.25, 0.3) is 11.8 Å². The van der Waals surface area contributed by atoms with E-state index >= 15 is 0 Å². The highest BCUT2D eigenvalue weighted by Gasteiger charge is 2.57. The summed E-state index contributed by atoms with van der Waals surface area (Å²) in [5.41, 5.74) is 1.07. The van der Waals surface area contributed by atoms with Gasteiger partial charge >= 0.3 is 6.09 Å². The van der Waals surface area contributed by atoms with Crippen molar-refractivity contribution in [1.29, 1.82) is 0 Å². The Morgan fingerprint density at radius 1 is 0.413 bits per heavy atom. The van der Waals surface area contributed by atoms with Gasteiger partial charge in [-0.15, -0.1) is 0 Å². The first-order valence-corrected chi connectivity index (χ1v) is 39.2. The number of likely N-dealkylation sites (tertiary alicyclic amines) is 3. The number of ether oxygens (including phenoxy) is 4. The number of amides is 7. The summed E-state index contributed by atoms with van der Waals surface area (Å²) < 4.78 is 36.8. The van der Waals surface area contributed by atoms with E-state index in [9.17, 15) is 33.6 Å². The molecule has 0 aromatic rings. The quantitative estimate of drug-likeness (QED) is 0.190. The molecule has 10 aliphatic rings. The molecule has 0 aromatic heterocycles. The van der Waals surface area contributed by atoms with Crippen LogP contribution >= 0.6 is 0 Å². The molecule has 7 amide bonds.